The topological polar surface area (TPSA) is 117 Å². The lowest BCUT2D eigenvalue weighted by Crippen LogP contribution is -2.25. The Labute approximate surface area is 187 Å². The second kappa shape index (κ2) is 8.23. The van der Waals surface area contributed by atoms with Crippen LogP contribution in [0.2, 0.25) is 0 Å². The summed E-state index contributed by atoms with van der Waals surface area (Å²) in [5.41, 5.74) is 1.94. The standard InChI is InChI=1S/C23H20N6O4/c1-14-25-20(33-27-14)12-28-13-24-21-17-5-3-4-6-18(17)29(22(21)23(28)31)11-19(30)26-15-7-9-16(32-2)10-8-15/h3-10,13H,11-12H2,1-2H3,(H,26,30). The third kappa shape index (κ3) is 3.82. The Kier molecular flexibility index (Phi) is 5.09. The molecule has 0 atom stereocenters. The average Bonchev–Trinajstić information content (AvgIpc) is 3.37. The lowest BCUT2D eigenvalue weighted by molar-refractivity contribution is -0.116. The number of methoxy groups -OCH3 is 1. The van der Waals surface area contributed by atoms with Crippen molar-refractivity contribution in [1.82, 2.24) is 24.3 Å². The first-order valence-corrected chi connectivity index (χ1v) is 10.2. The van der Waals surface area contributed by atoms with E-state index in [1.54, 1.807) is 42.9 Å². The van der Waals surface area contributed by atoms with Gasteiger partial charge in [0.25, 0.3) is 5.56 Å². The molecule has 0 aliphatic rings. The number of nitrogens with one attached hydrogen (secondary N) is 1. The molecule has 0 fully saturated rings. The Bertz CT molecular complexity index is 1530. The molecule has 0 radical (unpaired) electrons. The fourth-order valence-electron chi connectivity index (χ4n) is 3.79. The molecular weight excluding hydrogens is 424 g/mol. The molecule has 0 saturated carbocycles. The van der Waals surface area contributed by atoms with Crippen molar-refractivity contribution in [1.29, 1.82) is 0 Å². The van der Waals surface area contributed by atoms with Gasteiger partial charge in [0.15, 0.2) is 5.82 Å². The maximum absolute atomic E-state index is 13.4. The third-order valence-electron chi connectivity index (χ3n) is 5.28. The summed E-state index contributed by atoms with van der Waals surface area (Å²) in [6.45, 7) is 1.73. The van der Waals surface area contributed by atoms with Crippen LogP contribution in [0, 0.1) is 6.92 Å². The summed E-state index contributed by atoms with van der Waals surface area (Å²) in [7, 11) is 1.58. The van der Waals surface area contributed by atoms with Gasteiger partial charge in [-0.15, -0.1) is 0 Å². The molecule has 0 bridgehead atoms. The first-order chi connectivity index (χ1) is 16.0. The molecule has 3 heterocycles. The number of carbonyl (C=O) groups is 1. The minimum atomic E-state index is -0.302. The summed E-state index contributed by atoms with van der Waals surface area (Å²) in [4.78, 5) is 35.0. The van der Waals surface area contributed by atoms with Crippen LogP contribution in [0.5, 0.6) is 5.75 Å². The molecule has 5 rings (SSSR count). The number of benzene rings is 2. The minimum Gasteiger partial charge on any atom is -0.497 e. The molecule has 0 aliphatic carbocycles. The van der Waals surface area contributed by atoms with E-state index in [1.165, 1.54) is 10.9 Å². The van der Waals surface area contributed by atoms with Gasteiger partial charge in [0.2, 0.25) is 11.8 Å². The number of ether oxygens (including phenoxy) is 1. The van der Waals surface area contributed by atoms with Gasteiger partial charge in [-0.05, 0) is 37.3 Å². The normalized spacial score (nSPS) is 11.2. The van der Waals surface area contributed by atoms with E-state index in [-0.39, 0.29) is 24.6 Å². The van der Waals surface area contributed by atoms with Gasteiger partial charge in [-0.25, -0.2) is 4.98 Å². The van der Waals surface area contributed by atoms with E-state index in [9.17, 15) is 9.59 Å². The van der Waals surface area contributed by atoms with Crippen molar-refractivity contribution < 1.29 is 14.1 Å². The van der Waals surface area contributed by atoms with E-state index in [2.05, 4.69) is 20.4 Å². The van der Waals surface area contributed by atoms with E-state index >= 15 is 0 Å². The number of hydrogen-bond acceptors (Lipinski definition) is 7. The molecule has 2 aromatic carbocycles. The summed E-state index contributed by atoms with van der Waals surface area (Å²) in [6, 6.07) is 14.5. The predicted octanol–water partition coefficient (Wildman–Crippen LogP) is 2.74. The molecule has 0 unspecified atom stereocenters. The fourth-order valence-corrected chi connectivity index (χ4v) is 3.79. The van der Waals surface area contributed by atoms with Crippen molar-refractivity contribution in [3.8, 4) is 5.75 Å². The first-order valence-electron chi connectivity index (χ1n) is 10.2. The van der Waals surface area contributed by atoms with Gasteiger partial charge in [0.1, 0.15) is 29.9 Å². The number of fused-ring (bicyclic) bond motifs is 3. The average molecular weight is 444 g/mol. The Morgan fingerprint density at radius 3 is 2.67 bits per heavy atom. The number of anilines is 1. The smallest absolute Gasteiger partial charge is 0.278 e. The van der Waals surface area contributed by atoms with Gasteiger partial charge in [-0.1, -0.05) is 23.4 Å². The third-order valence-corrected chi connectivity index (χ3v) is 5.28. The van der Waals surface area contributed by atoms with Gasteiger partial charge >= 0.3 is 0 Å². The molecule has 0 spiro atoms. The molecule has 0 aliphatic heterocycles. The number of carbonyl (C=O) groups excluding carboxylic acids is 1. The van der Waals surface area contributed by atoms with E-state index in [1.807, 2.05) is 24.3 Å². The zero-order chi connectivity index (χ0) is 22.9. The molecule has 166 valence electrons. The lowest BCUT2D eigenvalue weighted by atomic mass is 10.2. The number of aromatic nitrogens is 5. The second-order valence-corrected chi connectivity index (χ2v) is 7.49. The molecule has 10 nitrogen and oxygen atoms in total. The molecule has 1 amide bonds. The Hall–Kier alpha value is -4.47. The maximum Gasteiger partial charge on any atom is 0.278 e. The number of rotatable bonds is 6. The SMILES string of the molecule is COc1ccc(NC(=O)Cn2c3ccccc3c3ncn(Cc4nc(C)no4)c(=O)c32)cc1. The van der Waals surface area contributed by atoms with Crippen LogP contribution in [-0.4, -0.2) is 37.3 Å². The van der Waals surface area contributed by atoms with Crippen LogP contribution in [0.1, 0.15) is 11.7 Å². The zero-order valence-corrected chi connectivity index (χ0v) is 18.0. The Morgan fingerprint density at radius 2 is 1.94 bits per heavy atom. The maximum atomic E-state index is 13.4. The number of nitrogens with zero attached hydrogens (tertiary/aromatic N) is 5. The summed E-state index contributed by atoms with van der Waals surface area (Å²) >= 11 is 0. The van der Waals surface area contributed by atoms with Crippen molar-refractivity contribution in [3.63, 3.8) is 0 Å². The van der Waals surface area contributed by atoms with Gasteiger partial charge < -0.3 is 19.1 Å². The van der Waals surface area contributed by atoms with Crippen LogP contribution in [-0.2, 0) is 17.9 Å². The van der Waals surface area contributed by atoms with Crippen molar-refractivity contribution in [3.05, 3.63) is 76.9 Å². The quantitative estimate of drug-likeness (QED) is 0.428. The lowest BCUT2D eigenvalue weighted by Gasteiger charge is -2.10. The predicted molar refractivity (Wildman–Crippen MR) is 121 cm³/mol. The first kappa shape index (κ1) is 20.4. The van der Waals surface area contributed by atoms with Crippen LogP contribution in [0.25, 0.3) is 21.9 Å². The van der Waals surface area contributed by atoms with Crippen molar-refractivity contribution in [2.24, 2.45) is 0 Å². The molecule has 1 N–H and O–H groups in total. The van der Waals surface area contributed by atoms with Crippen LogP contribution >= 0.6 is 0 Å². The Morgan fingerprint density at radius 1 is 1.15 bits per heavy atom. The summed E-state index contributed by atoms with van der Waals surface area (Å²) in [6.07, 6.45) is 1.46. The van der Waals surface area contributed by atoms with Gasteiger partial charge in [-0.3, -0.25) is 14.2 Å². The number of aryl methyl sites for hydroxylation is 1. The minimum absolute atomic E-state index is 0.0589. The van der Waals surface area contributed by atoms with Gasteiger partial charge in [0, 0.05) is 11.1 Å². The number of amides is 1. The Balaban J connectivity index is 1.54. The number of hydrogen-bond donors (Lipinski definition) is 1. The second-order valence-electron chi connectivity index (χ2n) is 7.49. The van der Waals surface area contributed by atoms with Gasteiger partial charge in [-0.2, -0.15) is 4.98 Å². The fraction of sp³-hybridized carbons (Fsp3) is 0.174. The van der Waals surface area contributed by atoms with E-state index in [0.29, 0.717) is 34.2 Å². The van der Waals surface area contributed by atoms with Crippen molar-refractivity contribution >= 4 is 33.5 Å². The highest BCUT2D eigenvalue weighted by atomic mass is 16.5. The van der Waals surface area contributed by atoms with Gasteiger partial charge in [0.05, 0.1) is 19.0 Å². The largest absolute Gasteiger partial charge is 0.497 e. The van der Waals surface area contributed by atoms with Crippen LogP contribution in [0.15, 0.2) is 64.2 Å². The van der Waals surface area contributed by atoms with E-state index in [4.69, 9.17) is 9.26 Å². The van der Waals surface area contributed by atoms with Crippen LogP contribution < -0.4 is 15.6 Å². The highest BCUT2D eigenvalue weighted by Gasteiger charge is 2.19. The van der Waals surface area contributed by atoms with Crippen molar-refractivity contribution in [2.75, 3.05) is 12.4 Å². The molecular formula is C23H20N6O4. The molecule has 33 heavy (non-hydrogen) atoms. The number of para-hydroxylation sites is 1. The zero-order valence-electron chi connectivity index (χ0n) is 18.0. The van der Waals surface area contributed by atoms with Crippen LogP contribution in [0.3, 0.4) is 0 Å². The monoisotopic (exact) mass is 444 g/mol. The van der Waals surface area contributed by atoms with Crippen LogP contribution in [0.4, 0.5) is 5.69 Å². The molecule has 3 aromatic heterocycles. The molecule has 10 heteroatoms. The summed E-state index contributed by atoms with van der Waals surface area (Å²) in [5.74, 6) is 1.20. The molecule has 0 saturated heterocycles. The highest BCUT2D eigenvalue weighted by Crippen LogP contribution is 2.25. The summed E-state index contributed by atoms with van der Waals surface area (Å²) in [5, 5.41) is 7.41. The van der Waals surface area contributed by atoms with Crippen molar-refractivity contribution in [2.45, 2.75) is 20.0 Å². The summed E-state index contributed by atoms with van der Waals surface area (Å²) < 4.78 is 13.4. The van der Waals surface area contributed by atoms with E-state index < -0.39 is 0 Å². The van der Waals surface area contributed by atoms with E-state index in [0.717, 1.165) is 10.9 Å². The molecule has 5 aromatic rings. The highest BCUT2D eigenvalue weighted by molar-refractivity contribution is 6.06.